The van der Waals surface area contributed by atoms with E-state index in [0.717, 1.165) is 32.1 Å². The highest BCUT2D eigenvalue weighted by atomic mass is 32.1. The summed E-state index contributed by atoms with van der Waals surface area (Å²) in [5, 5.41) is 59.8. The van der Waals surface area contributed by atoms with Gasteiger partial charge in [-0.25, -0.2) is 19.5 Å². The van der Waals surface area contributed by atoms with E-state index in [0.29, 0.717) is 89.1 Å². The highest BCUT2D eigenvalue weighted by Crippen LogP contribution is 2.53. The molecule has 0 aromatic carbocycles. The number of ether oxygens (including phenoxy) is 1. The van der Waals surface area contributed by atoms with Crippen LogP contribution >= 0.6 is 20.0 Å². The fourth-order valence-electron chi connectivity index (χ4n) is 9.60. The maximum atomic E-state index is 12.1. The van der Waals surface area contributed by atoms with Gasteiger partial charge in [-0.05, 0) is 99.4 Å². The van der Waals surface area contributed by atoms with Crippen molar-refractivity contribution in [2.75, 3.05) is 70.0 Å². The lowest BCUT2D eigenvalue weighted by molar-refractivity contribution is -0.144. The van der Waals surface area contributed by atoms with E-state index in [4.69, 9.17) is 50.5 Å². The Labute approximate surface area is 474 Å². The average molecular weight is 1180 g/mol. The number of aliphatic hydroxyl groups is 1. The molecule has 11 N–H and O–H groups in total. The van der Waals surface area contributed by atoms with Crippen molar-refractivity contribution in [3.05, 3.63) is 90.2 Å². The molecule has 8 rings (SSSR count). The first-order chi connectivity index (χ1) is 39.4. The van der Waals surface area contributed by atoms with Crippen LogP contribution in [0.3, 0.4) is 0 Å². The van der Waals surface area contributed by atoms with Gasteiger partial charge in [0.05, 0.1) is 68.1 Å². The first kappa shape index (κ1) is 60.6. The van der Waals surface area contributed by atoms with Gasteiger partial charge in [0.1, 0.15) is 36.2 Å². The number of carboxylic acids is 4. The molecule has 0 amide bonds. The highest BCUT2D eigenvalue weighted by Gasteiger charge is 2.53. The van der Waals surface area contributed by atoms with E-state index in [1.165, 1.54) is 33.2 Å². The Balaban J connectivity index is 0.868. The number of fused-ring (bicyclic) bond motifs is 2. The van der Waals surface area contributed by atoms with Crippen LogP contribution in [0.4, 0.5) is 11.8 Å². The number of carbonyl (C=O) groups is 4. The number of unbranched alkanes of at least 4 members (excludes halogenated alkanes) is 4. The number of aliphatic hydroxyl groups excluding tert-OH is 1. The maximum Gasteiger partial charge on any atom is 0.472 e. The Kier molecular flexibility index (Phi) is 21.0. The van der Waals surface area contributed by atoms with Gasteiger partial charge in [-0.1, -0.05) is 6.42 Å². The smallest absolute Gasteiger partial charge is 0.472 e. The van der Waals surface area contributed by atoms with Crippen LogP contribution < -0.4 is 21.7 Å². The number of anilines is 2. The quantitative estimate of drug-likeness (QED) is 0.0164. The minimum Gasteiger partial charge on any atom is -0.480 e. The number of aromatic nitrogens is 6. The van der Waals surface area contributed by atoms with Crippen LogP contribution in [0.15, 0.2) is 76.2 Å². The van der Waals surface area contributed by atoms with Crippen LogP contribution in [0.25, 0.3) is 33.8 Å². The van der Waals surface area contributed by atoms with Crippen LogP contribution in [-0.2, 0) is 63.7 Å². The van der Waals surface area contributed by atoms with Crippen molar-refractivity contribution in [3.8, 4) is 22.6 Å². The van der Waals surface area contributed by atoms with E-state index in [1.807, 2.05) is 12.1 Å². The number of thiocarbonyl (C=S) groups is 1. The molecule has 2 aliphatic rings. The number of rotatable bonds is 32. The zero-order chi connectivity index (χ0) is 58.3. The van der Waals surface area contributed by atoms with E-state index in [1.54, 1.807) is 36.4 Å². The van der Waals surface area contributed by atoms with Gasteiger partial charge < -0.3 is 65.7 Å². The largest absolute Gasteiger partial charge is 0.480 e. The van der Waals surface area contributed by atoms with Crippen LogP contribution in [0.5, 0.6) is 0 Å². The number of pyridine rings is 2. The number of carboxylic acid groups (broad SMARTS) is 4. The molecule has 0 spiro atoms. The van der Waals surface area contributed by atoms with Crippen molar-refractivity contribution in [1.82, 2.24) is 54.8 Å². The molecule has 0 bridgehead atoms. The number of aliphatic carboxylic acids is 4. The molecular weight excluding hydrogens is 1110 g/mol. The third kappa shape index (κ3) is 17.3. The lowest BCUT2D eigenvalue weighted by Crippen LogP contribution is -2.39. The van der Waals surface area contributed by atoms with Gasteiger partial charge in [-0.15, -0.1) is 0 Å². The summed E-state index contributed by atoms with van der Waals surface area (Å²) in [6.07, 6.45) is 4.47. The first-order valence-electron chi connectivity index (χ1n) is 26.2. The number of furan rings is 2. The lowest BCUT2D eigenvalue weighted by atomic mass is 10.1. The number of imidazole rings is 1. The molecule has 2 aliphatic heterocycles. The van der Waals surface area contributed by atoms with Gasteiger partial charge in [-0.3, -0.25) is 57.5 Å². The van der Waals surface area contributed by atoms with Gasteiger partial charge in [0.15, 0.2) is 28.3 Å². The summed E-state index contributed by atoms with van der Waals surface area (Å²) in [6.45, 7) is 0.161. The predicted molar refractivity (Wildman–Crippen MR) is 294 cm³/mol. The van der Waals surface area contributed by atoms with Crippen molar-refractivity contribution < 1.29 is 76.8 Å². The molecule has 8 heterocycles. The number of phosphoric ester groups is 1. The number of nitrogens with zero attached hydrogens (tertiary/aromatic N) is 9. The molecule has 2 fully saturated rings. The molecule has 31 heteroatoms. The molecule has 2 unspecified atom stereocenters. The molecule has 0 radical (unpaired) electrons. The molecule has 2 saturated heterocycles. The molecule has 29 nitrogen and oxygen atoms in total. The number of phosphoric acid groups is 1. The van der Waals surface area contributed by atoms with E-state index in [-0.39, 0.29) is 49.8 Å². The minimum absolute atomic E-state index is 0.0833. The summed E-state index contributed by atoms with van der Waals surface area (Å²) in [5.41, 5.74) is 9.95. The van der Waals surface area contributed by atoms with E-state index in [9.17, 15) is 54.2 Å². The fourth-order valence-corrected chi connectivity index (χ4v) is 10.8. The molecule has 5 atom stereocenters. The monoisotopic (exact) mass is 1180 g/mol. The van der Waals surface area contributed by atoms with Crippen LogP contribution in [0.1, 0.15) is 67.5 Å². The number of hydrogen-bond acceptors (Lipinski definition) is 22. The molecule has 82 heavy (non-hydrogen) atoms. The molecule has 6 aromatic rings. The normalized spacial score (nSPS) is 18.7. The zero-order valence-electron chi connectivity index (χ0n) is 44.3. The van der Waals surface area contributed by atoms with Gasteiger partial charge in [0.25, 0.3) is 0 Å². The number of nitrogens with two attached hydrogens (primary N) is 1. The Bertz CT molecular complexity index is 3050. The van der Waals surface area contributed by atoms with E-state index < -0.39 is 82.4 Å². The predicted octanol–water partition coefficient (Wildman–Crippen LogP) is 3.35. The summed E-state index contributed by atoms with van der Waals surface area (Å²) in [5.74, 6) is -3.34. The van der Waals surface area contributed by atoms with Crippen molar-refractivity contribution in [1.29, 1.82) is 0 Å². The second-order valence-corrected chi connectivity index (χ2v) is 21.4. The molecule has 6 aromatic heterocycles. The standard InChI is InChI=1S/C51H64N13O16PS/c52-47-44-48(57-30-56-47)64(49-45(73)46-39(79-49)29-78-81(74,75)80-46)50(60-44)53-11-3-1-4-12-54-51(82)55-13-5-2-6-14-61(21-33-17-31(37-9-7-15-76-37)19-35(58-33)23-62(25-40(65)66)26-41(67)68)22-34-18-32(38-10-8-16-77-38)20-36(59-34)24-63(27-42(69)70)28-43(71)72/h7-10,15-20,30,39,45-46,49,73H,1-6,11-14,21-29H2,(H,53,60)(H,65,66)(H,67,68)(H,69,70)(H,71,72)(H,74,75)(H2,52,56,57)(H2,54,55,82)/t39-,45+,46?,49-/m1/s1. The second kappa shape index (κ2) is 28.5. The number of nitrogen functional groups attached to an aromatic ring is 1. The number of nitrogens with one attached hydrogen (secondary N) is 3. The molecular formula is C51H64N13O16PS. The Morgan fingerprint density at radius 1 is 0.707 bits per heavy atom. The molecule has 0 saturated carbocycles. The van der Waals surface area contributed by atoms with Gasteiger partial charge in [0, 0.05) is 56.9 Å². The Morgan fingerprint density at radius 2 is 1.21 bits per heavy atom. The Hall–Kier alpha value is -7.51. The van der Waals surface area contributed by atoms with Crippen molar-refractivity contribution in [2.45, 2.75) is 89.2 Å². The fraction of sp³-hybridized carbons (Fsp3) is 0.451. The van der Waals surface area contributed by atoms with E-state index in [2.05, 4.69) is 35.8 Å². The van der Waals surface area contributed by atoms with Crippen molar-refractivity contribution in [3.63, 3.8) is 0 Å². The first-order valence-corrected chi connectivity index (χ1v) is 28.1. The summed E-state index contributed by atoms with van der Waals surface area (Å²) in [6, 6.07) is 14.1. The maximum absolute atomic E-state index is 12.1. The Morgan fingerprint density at radius 3 is 1.71 bits per heavy atom. The second-order valence-electron chi connectivity index (χ2n) is 19.6. The van der Waals surface area contributed by atoms with Gasteiger partial charge >= 0.3 is 31.7 Å². The van der Waals surface area contributed by atoms with Crippen molar-refractivity contribution in [2.24, 2.45) is 0 Å². The van der Waals surface area contributed by atoms with E-state index >= 15 is 0 Å². The highest BCUT2D eigenvalue weighted by molar-refractivity contribution is 7.80. The zero-order valence-corrected chi connectivity index (χ0v) is 46.0. The minimum atomic E-state index is -4.36. The SMILES string of the molecule is Nc1ncnc2c1nc(NCCCCCNC(=S)NCCCCCN(Cc1cc(-c3ccco3)cc(CN(CC(=O)O)CC(=O)O)n1)Cc1cc(-c3ccco3)cc(CN(CC(=O)O)CC(=O)O)n1)n2[C@@H]1O[C@@H]2COP(=O)(O)OC2[C@@H]1O. The van der Waals surface area contributed by atoms with Crippen LogP contribution in [0.2, 0.25) is 0 Å². The third-order valence-corrected chi connectivity index (χ3v) is 14.3. The molecule has 0 aliphatic carbocycles. The summed E-state index contributed by atoms with van der Waals surface area (Å²) < 4.78 is 41.2. The summed E-state index contributed by atoms with van der Waals surface area (Å²) in [4.78, 5) is 84.1. The van der Waals surface area contributed by atoms with Crippen LogP contribution in [-0.4, -0.2) is 181 Å². The van der Waals surface area contributed by atoms with Crippen molar-refractivity contribution >= 4 is 72.0 Å². The third-order valence-electron chi connectivity index (χ3n) is 13.0. The lowest BCUT2D eigenvalue weighted by Gasteiger charge is -2.27. The average Bonchev–Trinajstić information content (AvgIpc) is 4.45. The summed E-state index contributed by atoms with van der Waals surface area (Å²) in [7, 11) is -4.36. The summed E-state index contributed by atoms with van der Waals surface area (Å²) >= 11 is 5.58. The van der Waals surface area contributed by atoms with Gasteiger partial charge in [-0.2, -0.15) is 0 Å². The topological polar surface area (TPSA) is 402 Å². The van der Waals surface area contributed by atoms with Gasteiger partial charge in [0.2, 0.25) is 5.95 Å². The van der Waals surface area contributed by atoms with Crippen LogP contribution in [0, 0.1) is 0 Å². The number of hydrogen-bond donors (Lipinski definition) is 10. The molecule has 440 valence electrons.